The molecule has 0 bridgehead atoms. The maximum absolute atomic E-state index is 10.9. The van der Waals surface area contributed by atoms with Crippen LogP contribution in [0.1, 0.15) is 20.8 Å². The summed E-state index contributed by atoms with van der Waals surface area (Å²) in [6, 6.07) is -0.890. The summed E-state index contributed by atoms with van der Waals surface area (Å²) in [7, 11) is 0. The first-order chi connectivity index (χ1) is 5.99. The van der Waals surface area contributed by atoms with E-state index in [2.05, 4.69) is 10.1 Å². The Hall–Kier alpha value is -0.970. The van der Waals surface area contributed by atoms with Gasteiger partial charge in [0, 0.05) is 0 Å². The van der Waals surface area contributed by atoms with Crippen molar-refractivity contribution in [2.24, 2.45) is 5.92 Å². The van der Waals surface area contributed by atoms with Crippen molar-refractivity contribution in [3.05, 3.63) is 0 Å². The van der Waals surface area contributed by atoms with E-state index < -0.39 is 18.1 Å². The van der Waals surface area contributed by atoms with Crippen LogP contribution in [0, 0.1) is 5.92 Å². The van der Waals surface area contributed by atoms with Crippen LogP contribution in [-0.4, -0.2) is 29.8 Å². The van der Waals surface area contributed by atoms with Gasteiger partial charge in [-0.15, -0.1) is 12.4 Å². The average molecular weight is 226 g/mol. The molecule has 1 atom stereocenters. The van der Waals surface area contributed by atoms with E-state index in [9.17, 15) is 9.59 Å². The minimum absolute atomic E-state index is 0. The van der Waals surface area contributed by atoms with Crippen molar-refractivity contribution in [3.63, 3.8) is 0 Å². The van der Waals surface area contributed by atoms with Gasteiger partial charge in [-0.1, -0.05) is 13.8 Å². The highest BCUT2D eigenvalue weighted by molar-refractivity contribution is 5.85. The number of carbonyl (C=O) groups is 2. The molecule has 0 rings (SSSR count). The molecule has 0 aliphatic heterocycles. The number of ether oxygens (including phenoxy) is 1. The van der Waals surface area contributed by atoms with Crippen LogP contribution in [0.15, 0.2) is 0 Å². The molecule has 0 saturated heterocycles. The summed E-state index contributed by atoms with van der Waals surface area (Å²) in [6.07, 6.45) is -0.691. The molecule has 0 aliphatic rings. The zero-order valence-electron chi connectivity index (χ0n) is 8.44. The Morgan fingerprint density at radius 2 is 1.93 bits per heavy atom. The summed E-state index contributed by atoms with van der Waals surface area (Å²) in [5, 5.41) is 10.9. The number of hydrogen-bond acceptors (Lipinski definition) is 3. The van der Waals surface area contributed by atoms with Crippen molar-refractivity contribution in [2.75, 3.05) is 6.61 Å². The highest BCUT2D eigenvalue weighted by atomic mass is 35.5. The largest absolute Gasteiger partial charge is 0.480 e. The topological polar surface area (TPSA) is 75.6 Å². The van der Waals surface area contributed by atoms with Crippen molar-refractivity contribution in [1.29, 1.82) is 0 Å². The lowest BCUT2D eigenvalue weighted by atomic mass is 10.1. The lowest BCUT2D eigenvalue weighted by Crippen LogP contribution is -2.44. The number of aliphatic carboxylic acids is 1. The number of alkyl carbamates (subject to hydrolysis) is 1. The fourth-order valence-corrected chi connectivity index (χ4v) is 0.813. The van der Waals surface area contributed by atoms with Crippen molar-refractivity contribution in [2.45, 2.75) is 26.8 Å². The summed E-state index contributed by atoms with van der Waals surface area (Å²) in [6.45, 7) is 5.32. The third-order valence-corrected chi connectivity index (χ3v) is 1.48. The SMILES string of the molecule is CCOC(=O)N[C@H](C(=O)O)C(C)C.Cl. The number of rotatable bonds is 4. The van der Waals surface area contributed by atoms with Crippen molar-refractivity contribution >= 4 is 24.5 Å². The maximum Gasteiger partial charge on any atom is 0.407 e. The zero-order valence-corrected chi connectivity index (χ0v) is 9.26. The van der Waals surface area contributed by atoms with Crippen LogP contribution in [-0.2, 0) is 9.53 Å². The standard InChI is InChI=1S/C8H15NO4.ClH/c1-4-13-8(12)9-6(5(2)3)7(10)11;/h5-6H,4H2,1-3H3,(H,9,12)(H,10,11);1H/t6-;/m0./s1. The Morgan fingerprint density at radius 1 is 1.43 bits per heavy atom. The van der Waals surface area contributed by atoms with Gasteiger partial charge < -0.3 is 15.2 Å². The average Bonchev–Trinajstić information content (AvgIpc) is 1.99. The first-order valence-electron chi connectivity index (χ1n) is 4.15. The van der Waals surface area contributed by atoms with E-state index in [4.69, 9.17) is 5.11 Å². The van der Waals surface area contributed by atoms with Gasteiger partial charge in [0.15, 0.2) is 0 Å². The fraction of sp³-hybridized carbons (Fsp3) is 0.750. The number of carbonyl (C=O) groups excluding carboxylic acids is 1. The Kier molecular flexibility index (Phi) is 8.23. The maximum atomic E-state index is 10.9. The fourth-order valence-electron chi connectivity index (χ4n) is 0.813. The number of carboxylic acid groups (broad SMARTS) is 1. The summed E-state index contributed by atoms with van der Waals surface area (Å²) >= 11 is 0. The van der Waals surface area contributed by atoms with Gasteiger partial charge in [0.25, 0.3) is 0 Å². The third kappa shape index (κ3) is 5.64. The highest BCUT2D eigenvalue weighted by Crippen LogP contribution is 2.01. The molecular weight excluding hydrogens is 210 g/mol. The van der Waals surface area contributed by atoms with Crippen LogP contribution in [0.3, 0.4) is 0 Å². The molecule has 5 nitrogen and oxygen atoms in total. The first-order valence-corrected chi connectivity index (χ1v) is 4.15. The van der Waals surface area contributed by atoms with Crippen LogP contribution in [0.5, 0.6) is 0 Å². The van der Waals surface area contributed by atoms with E-state index in [1.807, 2.05) is 0 Å². The number of halogens is 1. The van der Waals surface area contributed by atoms with E-state index >= 15 is 0 Å². The van der Waals surface area contributed by atoms with Crippen molar-refractivity contribution < 1.29 is 19.4 Å². The Labute approximate surface area is 89.2 Å². The molecule has 0 radical (unpaired) electrons. The van der Waals surface area contributed by atoms with E-state index in [0.29, 0.717) is 0 Å². The predicted octanol–water partition coefficient (Wildman–Crippen LogP) is 1.26. The number of nitrogens with one attached hydrogen (secondary N) is 1. The molecule has 2 N–H and O–H groups in total. The van der Waals surface area contributed by atoms with Gasteiger partial charge in [-0.05, 0) is 12.8 Å². The lowest BCUT2D eigenvalue weighted by molar-refractivity contribution is -0.140. The minimum atomic E-state index is -1.05. The molecule has 1 amide bonds. The van der Waals surface area contributed by atoms with Gasteiger partial charge in [-0.3, -0.25) is 0 Å². The normalized spacial score (nSPS) is 11.4. The Balaban J connectivity index is 0. The second-order valence-corrected chi connectivity index (χ2v) is 2.92. The molecular formula is C8H16ClNO4. The molecule has 0 spiro atoms. The molecule has 0 unspecified atom stereocenters. The van der Waals surface area contributed by atoms with Crippen LogP contribution < -0.4 is 5.32 Å². The highest BCUT2D eigenvalue weighted by Gasteiger charge is 2.23. The van der Waals surface area contributed by atoms with Gasteiger partial charge in [-0.25, -0.2) is 9.59 Å². The van der Waals surface area contributed by atoms with Crippen molar-refractivity contribution in [3.8, 4) is 0 Å². The molecule has 0 aromatic heterocycles. The van der Waals surface area contributed by atoms with E-state index in [0.717, 1.165) is 0 Å². The summed E-state index contributed by atoms with van der Waals surface area (Å²) in [5.74, 6) is -1.22. The van der Waals surface area contributed by atoms with E-state index in [1.54, 1.807) is 20.8 Å². The van der Waals surface area contributed by atoms with E-state index in [1.165, 1.54) is 0 Å². The lowest BCUT2D eigenvalue weighted by Gasteiger charge is -2.16. The quantitative estimate of drug-likeness (QED) is 0.756. The first kappa shape index (κ1) is 15.5. The Morgan fingerprint density at radius 3 is 2.21 bits per heavy atom. The predicted molar refractivity (Wildman–Crippen MR) is 53.7 cm³/mol. The van der Waals surface area contributed by atoms with Gasteiger partial charge in [0.2, 0.25) is 0 Å². The molecule has 84 valence electrons. The Bertz CT molecular complexity index is 196. The molecule has 0 aromatic carbocycles. The van der Waals surface area contributed by atoms with Gasteiger partial charge in [0.05, 0.1) is 6.61 Å². The van der Waals surface area contributed by atoms with Crippen LogP contribution in [0.4, 0.5) is 4.79 Å². The number of carboxylic acids is 1. The minimum Gasteiger partial charge on any atom is -0.480 e. The zero-order chi connectivity index (χ0) is 10.4. The second-order valence-electron chi connectivity index (χ2n) is 2.92. The second kappa shape index (κ2) is 7.44. The molecule has 0 aliphatic carbocycles. The molecule has 0 fully saturated rings. The smallest absolute Gasteiger partial charge is 0.407 e. The number of amides is 1. The van der Waals surface area contributed by atoms with E-state index in [-0.39, 0.29) is 24.9 Å². The molecule has 0 aromatic rings. The van der Waals surface area contributed by atoms with Gasteiger partial charge >= 0.3 is 12.1 Å². The summed E-state index contributed by atoms with van der Waals surface area (Å²) < 4.78 is 4.56. The van der Waals surface area contributed by atoms with Crippen LogP contribution >= 0.6 is 12.4 Å². The molecule has 6 heteroatoms. The van der Waals surface area contributed by atoms with Gasteiger partial charge in [0.1, 0.15) is 6.04 Å². The molecule has 14 heavy (non-hydrogen) atoms. The molecule has 0 saturated carbocycles. The van der Waals surface area contributed by atoms with Crippen LogP contribution in [0.25, 0.3) is 0 Å². The molecule has 0 heterocycles. The number of hydrogen-bond donors (Lipinski definition) is 2. The van der Waals surface area contributed by atoms with Crippen molar-refractivity contribution in [1.82, 2.24) is 5.32 Å². The third-order valence-electron chi connectivity index (χ3n) is 1.48. The summed E-state index contributed by atoms with van der Waals surface area (Å²) in [4.78, 5) is 21.5. The van der Waals surface area contributed by atoms with Crippen LogP contribution in [0.2, 0.25) is 0 Å². The monoisotopic (exact) mass is 225 g/mol. The van der Waals surface area contributed by atoms with Gasteiger partial charge in [-0.2, -0.15) is 0 Å². The summed E-state index contributed by atoms with van der Waals surface area (Å²) in [5.41, 5.74) is 0.